The van der Waals surface area contributed by atoms with Gasteiger partial charge in [0.2, 0.25) is 5.96 Å². The zero-order chi connectivity index (χ0) is 11.3. The fraction of sp³-hybridized carbons (Fsp3) is 0.909. The van der Waals surface area contributed by atoms with Crippen LogP contribution in [-0.4, -0.2) is 17.5 Å². The monoisotopic (exact) mass is 212 g/mol. The Kier molecular flexibility index (Phi) is 4.39. The van der Waals surface area contributed by atoms with Gasteiger partial charge < -0.3 is 5.32 Å². The molecule has 0 heterocycles. The average molecular weight is 212 g/mol. The van der Waals surface area contributed by atoms with Crippen molar-refractivity contribution in [2.45, 2.75) is 64.5 Å². The zero-order valence-corrected chi connectivity index (χ0v) is 10.1. The summed E-state index contributed by atoms with van der Waals surface area (Å²) in [7, 11) is 0. The minimum atomic E-state index is 0.165. The lowest BCUT2D eigenvalue weighted by Crippen LogP contribution is -2.54. The maximum atomic E-state index is 5.45. The lowest BCUT2D eigenvalue weighted by Gasteiger charge is -2.35. The highest BCUT2D eigenvalue weighted by molar-refractivity contribution is 5.80. The van der Waals surface area contributed by atoms with Crippen molar-refractivity contribution in [1.29, 1.82) is 0 Å². The molecule has 0 atom stereocenters. The third-order valence-electron chi connectivity index (χ3n) is 2.90. The second kappa shape index (κ2) is 5.35. The quantitative estimate of drug-likeness (QED) is 0.281. The van der Waals surface area contributed by atoms with Crippen molar-refractivity contribution >= 4 is 5.96 Å². The van der Waals surface area contributed by atoms with Gasteiger partial charge in [0.1, 0.15) is 0 Å². The molecule has 15 heavy (non-hydrogen) atoms. The molecule has 1 aliphatic carbocycles. The second-order valence-corrected chi connectivity index (χ2v) is 4.96. The van der Waals surface area contributed by atoms with E-state index in [2.05, 4.69) is 22.7 Å². The number of nitrogens with two attached hydrogens (primary N) is 1. The Hall–Kier alpha value is -0.770. The van der Waals surface area contributed by atoms with E-state index in [0.717, 1.165) is 5.96 Å². The summed E-state index contributed by atoms with van der Waals surface area (Å²) in [5, 5.41) is 3.43. The van der Waals surface area contributed by atoms with Crippen LogP contribution < -0.4 is 16.6 Å². The van der Waals surface area contributed by atoms with Crippen molar-refractivity contribution in [2.75, 3.05) is 0 Å². The van der Waals surface area contributed by atoms with Gasteiger partial charge in [-0.25, -0.2) is 10.8 Å². The molecule has 1 rings (SSSR count). The number of hydrogen-bond donors (Lipinski definition) is 3. The lowest BCUT2D eigenvalue weighted by atomic mass is 9.83. The van der Waals surface area contributed by atoms with Gasteiger partial charge >= 0.3 is 0 Å². The molecule has 0 spiro atoms. The van der Waals surface area contributed by atoms with Crippen LogP contribution in [0.3, 0.4) is 0 Å². The molecule has 1 aliphatic rings. The van der Waals surface area contributed by atoms with E-state index in [4.69, 9.17) is 5.84 Å². The zero-order valence-electron chi connectivity index (χ0n) is 10.1. The number of aliphatic imine (C=N–C) groups is 1. The molecule has 0 amide bonds. The van der Waals surface area contributed by atoms with Gasteiger partial charge in [0, 0.05) is 11.6 Å². The molecule has 4 N–H and O–H groups in total. The molecule has 4 nitrogen and oxygen atoms in total. The van der Waals surface area contributed by atoms with Gasteiger partial charge in [-0.2, -0.15) is 0 Å². The van der Waals surface area contributed by atoms with Gasteiger partial charge in [-0.15, -0.1) is 0 Å². The molecule has 0 aliphatic heterocycles. The minimum absolute atomic E-state index is 0.165. The van der Waals surface area contributed by atoms with E-state index in [9.17, 15) is 0 Å². The molecule has 0 bridgehead atoms. The van der Waals surface area contributed by atoms with Crippen molar-refractivity contribution < 1.29 is 0 Å². The Morgan fingerprint density at radius 3 is 2.33 bits per heavy atom. The fourth-order valence-electron chi connectivity index (χ4n) is 2.11. The van der Waals surface area contributed by atoms with Crippen LogP contribution in [0.15, 0.2) is 4.99 Å². The van der Waals surface area contributed by atoms with Crippen molar-refractivity contribution in [3.05, 3.63) is 0 Å². The van der Waals surface area contributed by atoms with Gasteiger partial charge in [0.15, 0.2) is 0 Å². The summed E-state index contributed by atoms with van der Waals surface area (Å²) in [6.45, 7) is 6.34. The molecule has 0 unspecified atom stereocenters. The van der Waals surface area contributed by atoms with E-state index in [0.29, 0.717) is 0 Å². The molecule has 0 radical (unpaired) electrons. The average Bonchev–Trinajstić information content (AvgIpc) is 2.16. The van der Waals surface area contributed by atoms with Crippen LogP contribution in [0, 0.1) is 0 Å². The minimum Gasteiger partial charge on any atom is -0.350 e. The molecule has 4 heteroatoms. The van der Waals surface area contributed by atoms with E-state index in [1.807, 2.05) is 13.8 Å². The predicted molar refractivity (Wildman–Crippen MR) is 64.5 cm³/mol. The van der Waals surface area contributed by atoms with Crippen LogP contribution in [0.25, 0.3) is 0 Å². The highest BCUT2D eigenvalue weighted by Crippen LogP contribution is 2.27. The molecule has 1 saturated carbocycles. The summed E-state index contributed by atoms with van der Waals surface area (Å²) >= 11 is 0. The molecular formula is C11H24N4. The topological polar surface area (TPSA) is 62.4 Å². The maximum absolute atomic E-state index is 5.45. The number of nitrogens with zero attached hydrogens (tertiary/aromatic N) is 1. The van der Waals surface area contributed by atoms with E-state index in [1.54, 1.807) is 0 Å². The first-order valence-corrected chi connectivity index (χ1v) is 5.88. The van der Waals surface area contributed by atoms with Crippen molar-refractivity contribution in [2.24, 2.45) is 10.8 Å². The number of rotatable bonds is 2. The molecule has 1 fully saturated rings. The van der Waals surface area contributed by atoms with Gasteiger partial charge in [-0.3, -0.25) is 5.43 Å². The number of guanidine groups is 1. The van der Waals surface area contributed by atoms with Gasteiger partial charge in [0.25, 0.3) is 0 Å². The highest BCUT2D eigenvalue weighted by atomic mass is 15.3. The number of nitrogens with one attached hydrogen (secondary N) is 2. The second-order valence-electron chi connectivity index (χ2n) is 4.96. The van der Waals surface area contributed by atoms with Crippen LogP contribution in [0.1, 0.15) is 52.9 Å². The smallest absolute Gasteiger partial charge is 0.206 e. The first-order valence-electron chi connectivity index (χ1n) is 5.88. The first-order chi connectivity index (χ1) is 7.06. The molecule has 0 aromatic rings. The van der Waals surface area contributed by atoms with Crippen molar-refractivity contribution in [3.8, 4) is 0 Å². The summed E-state index contributed by atoms with van der Waals surface area (Å²) in [6, 6.07) is 0.260. The first kappa shape index (κ1) is 12.3. The van der Waals surface area contributed by atoms with Crippen LogP contribution in [-0.2, 0) is 0 Å². The summed E-state index contributed by atoms with van der Waals surface area (Å²) in [5.74, 6) is 6.17. The van der Waals surface area contributed by atoms with Gasteiger partial charge in [0.05, 0.1) is 0 Å². The molecule has 88 valence electrons. The predicted octanol–water partition coefficient (Wildman–Crippen LogP) is 1.53. The molecular weight excluding hydrogens is 188 g/mol. The fourth-order valence-corrected chi connectivity index (χ4v) is 2.11. The summed E-state index contributed by atoms with van der Waals surface area (Å²) in [6.07, 6.45) is 6.34. The van der Waals surface area contributed by atoms with Gasteiger partial charge in [-0.05, 0) is 33.6 Å². The van der Waals surface area contributed by atoms with E-state index < -0.39 is 0 Å². The largest absolute Gasteiger partial charge is 0.350 e. The summed E-state index contributed by atoms with van der Waals surface area (Å²) in [5.41, 5.74) is 2.81. The Balaban J connectivity index is 2.56. The molecule has 0 aromatic heterocycles. The van der Waals surface area contributed by atoms with E-state index in [-0.39, 0.29) is 11.6 Å². The van der Waals surface area contributed by atoms with E-state index in [1.165, 1.54) is 32.1 Å². The van der Waals surface area contributed by atoms with E-state index >= 15 is 0 Å². The van der Waals surface area contributed by atoms with Crippen LogP contribution in [0.2, 0.25) is 0 Å². The summed E-state index contributed by atoms with van der Waals surface area (Å²) < 4.78 is 0. The van der Waals surface area contributed by atoms with Gasteiger partial charge in [-0.1, -0.05) is 19.3 Å². The van der Waals surface area contributed by atoms with Crippen LogP contribution in [0.4, 0.5) is 0 Å². The maximum Gasteiger partial charge on any atom is 0.206 e. The Morgan fingerprint density at radius 2 is 1.87 bits per heavy atom. The number of hydrogen-bond acceptors (Lipinski definition) is 2. The third kappa shape index (κ3) is 4.08. The number of hydrazine groups is 1. The lowest BCUT2D eigenvalue weighted by molar-refractivity contribution is 0.288. The Bertz CT molecular complexity index is 217. The summed E-state index contributed by atoms with van der Waals surface area (Å²) in [4.78, 5) is 4.40. The van der Waals surface area contributed by atoms with Crippen LogP contribution in [0.5, 0.6) is 0 Å². The molecule has 0 saturated heterocycles. The standard InChI is InChI=1S/C11H24N4/c1-9(2)13-10(15-12)14-11(3)7-5-4-6-8-11/h9H,4-8,12H2,1-3H3,(H2,13,14,15). The van der Waals surface area contributed by atoms with Crippen LogP contribution >= 0.6 is 0 Å². The normalized spacial score (nSPS) is 21.5. The SMILES string of the molecule is CC(C)N=C(NN)NC1(C)CCCCC1. The van der Waals surface area contributed by atoms with Crippen molar-refractivity contribution in [3.63, 3.8) is 0 Å². The highest BCUT2D eigenvalue weighted by Gasteiger charge is 2.27. The Labute approximate surface area is 92.7 Å². The molecule has 0 aromatic carbocycles. The van der Waals surface area contributed by atoms with Crippen molar-refractivity contribution in [1.82, 2.24) is 10.7 Å². The Morgan fingerprint density at radius 1 is 1.27 bits per heavy atom. The third-order valence-corrected chi connectivity index (χ3v) is 2.90.